The number of imide groups is 1. The molecule has 3 rings (SSSR count). The second kappa shape index (κ2) is 7.03. The van der Waals surface area contributed by atoms with E-state index < -0.39 is 6.04 Å². The Morgan fingerprint density at radius 1 is 1.25 bits per heavy atom. The van der Waals surface area contributed by atoms with Gasteiger partial charge < -0.3 is 10.2 Å². The zero-order valence-corrected chi connectivity index (χ0v) is 14.0. The maximum absolute atomic E-state index is 12.6. The van der Waals surface area contributed by atoms with Gasteiger partial charge in [0.05, 0.1) is 0 Å². The Hall–Kier alpha value is -2.37. The molecule has 1 atom stereocenters. The van der Waals surface area contributed by atoms with Gasteiger partial charge in [-0.05, 0) is 17.5 Å². The SMILES string of the molecule is CCCCNC(=O)CCN1C(=O)[C@@H]2Cc3ccccc3CN2C1=O. The summed E-state index contributed by atoms with van der Waals surface area (Å²) < 4.78 is 0. The number of carbonyl (C=O) groups is 3. The summed E-state index contributed by atoms with van der Waals surface area (Å²) in [6.45, 7) is 3.31. The Balaban J connectivity index is 1.61. The molecule has 2 aliphatic rings. The Morgan fingerprint density at radius 2 is 2.00 bits per heavy atom. The summed E-state index contributed by atoms with van der Waals surface area (Å²) in [5, 5.41) is 2.81. The number of hydrogen-bond donors (Lipinski definition) is 1. The first-order chi connectivity index (χ1) is 11.6. The number of nitrogens with one attached hydrogen (secondary N) is 1. The van der Waals surface area contributed by atoms with Crippen LogP contribution in [0, 0.1) is 0 Å². The fourth-order valence-corrected chi connectivity index (χ4v) is 3.29. The van der Waals surface area contributed by atoms with E-state index in [2.05, 4.69) is 12.2 Å². The number of hydrogen-bond acceptors (Lipinski definition) is 3. The number of unbranched alkanes of at least 4 members (excludes halogenated alkanes) is 1. The molecule has 2 heterocycles. The zero-order valence-electron chi connectivity index (χ0n) is 14.0. The second-order valence-electron chi connectivity index (χ2n) is 6.34. The first kappa shape index (κ1) is 16.5. The highest BCUT2D eigenvalue weighted by atomic mass is 16.2. The molecule has 6 heteroatoms. The third kappa shape index (κ3) is 3.13. The van der Waals surface area contributed by atoms with E-state index in [1.165, 1.54) is 4.90 Å². The molecule has 0 aliphatic carbocycles. The number of urea groups is 1. The van der Waals surface area contributed by atoms with E-state index in [0.29, 0.717) is 19.5 Å². The molecule has 1 N–H and O–H groups in total. The lowest BCUT2D eigenvalue weighted by Crippen LogP contribution is -2.39. The summed E-state index contributed by atoms with van der Waals surface area (Å²) in [6.07, 6.45) is 2.66. The first-order valence-electron chi connectivity index (χ1n) is 8.57. The number of fused-ring (bicyclic) bond motifs is 2. The summed E-state index contributed by atoms with van der Waals surface area (Å²) in [4.78, 5) is 39.8. The van der Waals surface area contributed by atoms with Crippen molar-refractivity contribution in [1.82, 2.24) is 15.1 Å². The van der Waals surface area contributed by atoms with Crippen molar-refractivity contribution in [3.63, 3.8) is 0 Å². The third-order valence-electron chi connectivity index (χ3n) is 4.69. The highest BCUT2D eigenvalue weighted by Gasteiger charge is 2.46. The Bertz CT molecular complexity index is 616. The number of rotatable bonds is 6. The minimum atomic E-state index is -0.421. The van der Waals surface area contributed by atoms with Gasteiger partial charge in [0, 0.05) is 32.5 Å². The van der Waals surface area contributed by atoms with Gasteiger partial charge in [0.1, 0.15) is 6.04 Å². The topological polar surface area (TPSA) is 69.7 Å². The van der Waals surface area contributed by atoms with Crippen LogP contribution in [0.4, 0.5) is 4.79 Å². The molecule has 128 valence electrons. The van der Waals surface area contributed by atoms with Crippen LogP contribution >= 0.6 is 0 Å². The van der Waals surface area contributed by atoms with Crippen LogP contribution in [0.1, 0.15) is 37.3 Å². The zero-order chi connectivity index (χ0) is 17.1. The van der Waals surface area contributed by atoms with Crippen LogP contribution in [0.2, 0.25) is 0 Å². The van der Waals surface area contributed by atoms with E-state index in [1.54, 1.807) is 4.90 Å². The van der Waals surface area contributed by atoms with Crippen LogP contribution in [0.5, 0.6) is 0 Å². The predicted molar refractivity (Wildman–Crippen MR) is 89.1 cm³/mol. The minimum Gasteiger partial charge on any atom is -0.356 e. The van der Waals surface area contributed by atoms with Crippen LogP contribution in [0.25, 0.3) is 0 Å². The van der Waals surface area contributed by atoms with Crippen molar-refractivity contribution in [2.45, 2.75) is 45.2 Å². The lowest BCUT2D eigenvalue weighted by atomic mass is 9.95. The third-order valence-corrected chi connectivity index (χ3v) is 4.69. The van der Waals surface area contributed by atoms with Crippen LogP contribution < -0.4 is 5.32 Å². The quantitative estimate of drug-likeness (QED) is 0.638. The molecular formula is C18H23N3O3. The highest BCUT2D eigenvalue weighted by Crippen LogP contribution is 2.29. The van der Waals surface area contributed by atoms with E-state index in [-0.39, 0.29) is 30.8 Å². The van der Waals surface area contributed by atoms with Gasteiger partial charge in [0.25, 0.3) is 5.91 Å². The highest BCUT2D eigenvalue weighted by molar-refractivity contribution is 6.04. The van der Waals surface area contributed by atoms with E-state index in [0.717, 1.165) is 24.0 Å². The molecule has 0 spiro atoms. The summed E-state index contributed by atoms with van der Waals surface area (Å²) in [6, 6.07) is 7.20. The van der Waals surface area contributed by atoms with Crippen LogP contribution in [-0.4, -0.2) is 46.8 Å². The molecule has 1 aromatic rings. The number of benzene rings is 1. The number of nitrogens with zero attached hydrogens (tertiary/aromatic N) is 2. The van der Waals surface area contributed by atoms with Gasteiger partial charge in [-0.25, -0.2) is 4.79 Å². The standard InChI is InChI=1S/C18H23N3O3/c1-2-3-9-19-16(22)8-10-20-17(23)15-11-13-6-4-5-7-14(13)12-21(15)18(20)24/h4-7,15H,2-3,8-12H2,1H3,(H,19,22)/t15-/m0/s1. The Kier molecular flexibility index (Phi) is 4.83. The molecule has 1 aromatic carbocycles. The van der Waals surface area contributed by atoms with Gasteiger partial charge >= 0.3 is 6.03 Å². The molecule has 4 amide bonds. The van der Waals surface area contributed by atoms with Crippen molar-refractivity contribution in [1.29, 1.82) is 0 Å². The van der Waals surface area contributed by atoms with Gasteiger partial charge in [-0.2, -0.15) is 0 Å². The average Bonchev–Trinajstić information content (AvgIpc) is 2.82. The molecule has 2 aliphatic heterocycles. The van der Waals surface area contributed by atoms with E-state index in [1.807, 2.05) is 24.3 Å². The van der Waals surface area contributed by atoms with Crippen LogP contribution in [0.15, 0.2) is 24.3 Å². The summed E-state index contributed by atoms with van der Waals surface area (Å²) in [5.41, 5.74) is 2.22. The van der Waals surface area contributed by atoms with Crippen molar-refractivity contribution in [3.05, 3.63) is 35.4 Å². The van der Waals surface area contributed by atoms with Gasteiger partial charge in [0.15, 0.2) is 0 Å². The van der Waals surface area contributed by atoms with E-state index >= 15 is 0 Å². The molecule has 0 radical (unpaired) electrons. The van der Waals surface area contributed by atoms with Crippen molar-refractivity contribution >= 4 is 17.8 Å². The van der Waals surface area contributed by atoms with Crippen molar-refractivity contribution in [3.8, 4) is 0 Å². The van der Waals surface area contributed by atoms with E-state index in [4.69, 9.17) is 0 Å². The van der Waals surface area contributed by atoms with Gasteiger partial charge in [-0.1, -0.05) is 37.6 Å². The fraction of sp³-hybridized carbons (Fsp3) is 0.500. The lowest BCUT2D eigenvalue weighted by Gasteiger charge is -2.28. The van der Waals surface area contributed by atoms with Gasteiger partial charge in [-0.15, -0.1) is 0 Å². The molecular weight excluding hydrogens is 306 g/mol. The van der Waals surface area contributed by atoms with Crippen LogP contribution in [0.3, 0.4) is 0 Å². The predicted octanol–water partition coefficient (Wildman–Crippen LogP) is 1.68. The van der Waals surface area contributed by atoms with Crippen LogP contribution in [-0.2, 0) is 22.6 Å². The van der Waals surface area contributed by atoms with Crippen molar-refractivity contribution < 1.29 is 14.4 Å². The lowest BCUT2D eigenvalue weighted by molar-refractivity contribution is -0.129. The van der Waals surface area contributed by atoms with Crippen molar-refractivity contribution in [2.75, 3.05) is 13.1 Å². The smallest absolute Gasteiger partial charge is 0.327 e. The normalized spacial score (nSPS) is 19.3. The summed E-state index contributed by atoms with van der Waals surface area (Å²) in [7, 11) is 0. The van der Waals surface area contributed by atoms with E-state index in [9.17, 15) is 14.4 Å². The summed E-state index contributed by atoms with van der Waals surface area (Å²) >= 11 is 0. The first-order valence-corrected chi connectivity index (χ1v) is 8.57. The molecule has 0 bridgehead atoms. The molecule has 1 fully saturated rings. The second-order valence-corrected chi connectivity index (χ2v) is 6.34. The molecule has 0 aromatic heterocycles. The van der Waals surface area contributed by atoms with Crippen molar-refractivity contribution in [2.24, 2.45) is 0 Å². The monoisotopic (exact) mass is 329 g/mol. The molecule has 0 unspecified atom stereocenters. The Labute approximate surface area is 141 Å². The molecule has 24 heavy (non-hydrogen) atoms. The average molecular weight is 329 g/mol. The fourth-order valence-electron chi connectivity index (χ4n) is 3.29. The summed E-state index contributed by atoms with van der Waals surface area (Å²) in [5.74, 6) is -0.298. The molecule has 6 nitrogen and oxygen atoms in total. The van der Waals surface area contributed by atoms with Gasteiger partial charge in [-0.3, -0.25) is 14.5 Å². The maximum Gasteiger partial charge on any atom is 0.327 e. The molecule has 1 saturated heterocycles. The number of carbonyl (C=O) groups excluding carboxylic acids is 3. The number of amides is 4. The largest absolute Gasteiger partial charge is 0.356 e. The Morgan fingerprint density at radius 3 is 2.75 bits per heavy atom. The minimum absolute atomic E-state index is 0.114. The van der Waals surface area contributed by atoms with Gasteiger partial charge in [0.2, 0.25) is 5.91 Å². The maximum atomic E-state index is 12.6. The molecule has 0 saturated carbocycles.